The molecule has 0 heterocycles. The Morgan fingerprint density at radius 3 is 2.19 bits per heavy atom. The van der Waals surface area contributed by atoms with Gasteiger partial charge in [-0.2, -0.15) is 0 Å². The van der Waals surface area contributed by atoms with Crippen molar-refractivity contribution < 1.29 is 19.6 Å². The molecule has 10 heteroatoms. The van der Waals surface area contributed by atoms with Gasteiger partial charge < -0.3 is 21.7 Å². The minimum atomic E-state index is -1.05. The van der Waals surface area contributed by atoms with Gasteiger partial charge in [-0.15, -0.1) is 0 Å². The van der Waals surface area contributed by atoms with Gasteiger partial charge in [-0.1, -0.05) is 35.6 Å². The molecule has 0 radical (unpaired) electrons. The summed E-state index contributed by atoms with van der Waals surface area (Å²) in [5.41, 5.74) is 10.3. The van der Waals surface area contributed by atoms with Crippen LogP contribution < -0.4 is 27.2 Å². The van der Waals surface area contributed by atoms with Gasteiger partial charge >= 0.3 is 0 Å². The van der Waals surface area contributed by atoms with Crippen molar-refractivity contribution >= 4 is 35.0 Å². The maximum atomic E-state index is 12.3. The molecule has 0 spiro atoms. The Balaban J connectivity index is 1.49. The van der Waals surface area contributed by atoms with Gasteiger partial charge in [0.05, 0.1) is 6.54 Å². The highest BCUT2D eigenvalue weighted by Gasteiger charge is 2.19. The lowest BCUT2D eigenvalue weighted by Gasteiger charge is -2.14. The molecule has 0 aliphatic rings. The smallest absolute Gasteiger partial charge is 0.267 e. The molecule has 0 aliphatic carbocycles. The minimum absolute atomic E-state index is 0.156. The van der Waals surface area contributed by atoms with E-state index in [-0.39, 0.29) is 19.0 Å². The summed E-state index contributed by atoms with van der Waals surface area (Å²) < 4.78 is 0. The second-order valence-corrected chi connectivity index (χ2v) is 8.36. The molecule has 0 unspecified atom stereocenters. The van der Waals surface area contributed by atoms with Gasteiger partial charge in [-0.25, -0.2) is 5.48 Å². The molecule has 0 aromatic heterocycles. The highest BCUT2D eigenvalue weighted by Crippen LogP contribution is 2.11. The average molecular weight is 520 g/mol. The molecule has 3 rings (SSSR count). The van der Waals surface area contributed by atoms with Crippen molar-refractivity contribution in [1.82, 2.24) is 16.1 Å². The third-order valence-electron chi connectivity index (χ3n) is 5.14. The highest BCUT2D eigenvalue weighted by molar-refractivity contribution is 6.30. The fourth-order valence-electron chi connectivity index (χ4n) is 3.21. The van der Waals surface area contributed by atoms with E-state index in [1.165, 1.54) is 5.48 Å². The maximum absolute atomic E-state index is 12.3. The Morgan fingerprint density at radius 2 is 1.59 bits per heavy atom. The van der Waals surface area contributed by atoms with Gasteiger partial charge in [0.2, 0.25) is 5.91 Å². The lowest BCUT2D eigenvalue weighted by molar-refractivity contribution is -0.130. The number of hydrogen-bond donors (Lipinski definition) is 6. The Kier molecular flexibility index (Phi) is 10.2. The summed E-state index contributed by atoms with van der Waals surface area (Å²) in [5.74, 6) is 4.57. The van der Waals surface area contributed by atoms with E-state index in [1.54, 1.807) is 54.6 Å². The predicted molar refractivity (Wildman–Crippen MR) is 141 cm³/mol. The molecule has 9 nitrogen and oxygen atoms in total. The van der Waals surface area contributed by atoms with Gasteiger partial charge in [0.25, 0.3) is 11.8 Å². The van der Waals surface area contributed by atoms with Crippen molar-refractivity contribution in [2.75, 3.05) is 18.4 Å². The van der Waals surface area contributed by atoms with Crippen LogP contribution in [0.4, 0.5) is 5.69 Å². The standard InChI is InChI=1S/C27H26ClN5O4/c28-22-3-1-2-20(14-22)16-30-17-25(34)31-23-12-8-19(9-13-23)5-4-18-6-10-21(11-7-18)26(35)32-24(15-29)27(36)33-37/h1-3,6-14,24,30,37H,15-17,29H2,(H,31,34)(H,32,35)(H,33,36)/t24-/m0/s1. The predicted octanol–water partition coefficient (Wildman–Crippen LogP) is 2.03. The van der Waals surface area contributed by atoms with Crippen LogP contribution in [0.2, 0.25) is 5.02 Å². The topological polar surface area (TPSA) is 146 Å². The number of carbonyl (C=O) groups excluding carboxylic acids is 3. The number of benzene rings is 3. The van der Waals surface area contributed by atoms with Crippen molar-refractivity contribution in [3.05, 3.63) is 100 Å². The van der Waals surface area contributed by atoms with Crippen molar-refractivity contribution in [2.45, 2.75) is 12.6 Å². The number of hydrogen-bond acceptors (Lipinski definition) is 6. The lowest BCUT2D eigenvalue weighted by atomic mass is 10.1. The molecule has 0 saturated heterocycles. The minimum Gasteiger partial charge on any atom is -0.339 e. The van der Waals surface area contributed by atoms with Crippen molar-refractivity contribution in [2.24, 2.45) is 5.73 Å². The molecule has 0 fully saturated rings. The molecule has 7 N–H and O–H groups in total. The monoisotopic (exact) mass is 519 g/mol. The van der Waals surface area contributed by atoms with Crippen molar-refractivity contribution in [3.63, 3.8) is 0 Å². The molecule has 3 aromatic rings. The van der Waals surface area contributed by atoms with Crippen LogP contribution in [0.1, 0.15) is 27.0 Å². The summed E-state index contributed by atoms with van der Waals surface area (Å²) in [6, 6.07) is 20.0. The van der Waals surface area contributed by atoms with Gasteiger partial charge in [0, 0.05) is 40.5 Å². The number of carbonyl (C=O) groups is 3. The van der Waals surface area contributed by atoms with Gasteiger partial charge in [-0.3, -0.25) is 19.6 Å². The molecule has 3 aromatic carbocycles. The second kappa shape index (κ2) is 13.8. The number of nitrogens with two attached hydrogens (primary N) is 1. The van der Waals surface area contributed by atoms with E-state index < -0.39 is 17.9 Å². The Labute approximate surface area is 219 Å². The molecule has 190 valence electrons. The summed E-state index contributed by atoms with van der Waals surface area (Å²) in [5, 5.41) is 17.7. The van der Waals surface area contributed by atoms with Crippen LogP contribution in [-0.2, 0) is 16.1 Å². The van der Waals surface area contributed by atoms with Gasteiger partial charge in [0.15, 0.2) is 0 Å². The van der Waals surface area contributed by atoms with Crippen molar-refractivity contribution in [1.29, 1.82) is 0 Å². The van der Waals surface area contributed by atoms with Crippen LogP contribution in [-0.4, -0.2) is 42.1 Å². The van der Waals surface area contributed by atoms with E-state index in [1.807, 2.05) is 18.2 Å². The summed E-state index contributed by atoms with van der Waals surface area (Å²) >= 11 is 5.96. The second-order valence-electron chi connectivity index (χ2n) is 7.92. The third kappa shape index (κ3) is 8.75. The SMILES string of the molecule is NC[C@H](NC(=O)c1ccc(C#Cc2ccc(NC(=O)CNCc3cccc(Cl)c3)cc2)cc1)C(=O)NO. The maximum Gasteiger partial charge on any atom is 0.267 e. The summed E-state index contributed by atoms with van der Waals surface area (Å²) in [6.45, 7) is 0.526. The first-order chi connectivity index (χ1) is 17.9. The summed E-state index contributed by atoms with van der Waals surface area (Å²) in [4.78, 5) is 35.9. The number of amides is 3. The number of nitrogens with one attached hydrogen (secondary N) is 4. The van der Waals surface area contributed by atoms with Crippen LogP contribution in [0.5, 0.6) is 0 Å². The third-order valence-corrected chi connectivity index (χ3v) is 5.37. The normalized spacial score (nSPS) is 11.0. The van der Waals surface area contributed by atoms with E-state index in [2.05, 4.69) is 27.8 Å². The zero-order chi connectivity index (χ0) is 26.6. The molecular weight excluding hydrogens is 494 g/mol. The number of halogens is 1. The van der Waals surface area contributed by atoms with Gasteiger partial charge in [0.1, 0.15) is 6.04 Å². The van der Waals surface area contributed by atoms with Gasteiger partial charge in [-0.05, 0) is 66.2 Å². The Hall–Kier alpha value is -4.20. The summed E-state index contributed by atoms with van der Waals surface area (Å²) in [6.07, 6.45) is 0. The zero-order valence-corrected chi connectivity index (χ0v) is 20.5. The Bertz CT molecular complexity index is 1300. The quantitative estimate of drug-likeness (QED) is 0.145. The molecule has 3 amide bonds. The highest BCUT2D eigenvalue weighted by atomic mass is 35.5. The summed E-state index contributed by atoms with van der Waals surface area (Å²) in [7, 11) is 0. The first kappa shape index (κ1) is 27.4. The Morgan fingerprint density at radius 1 is 0.946 bits per heavy atom. The van der Waals surface area contributed by atoms with E-state index in [4.69, 9.17) is 22.5 Å². The molecule has 1 atom stereocenters. The molecule has 0 saturated carbocycles. The molecule has 0 bridgehead atoms. The van der Waals surface area contributed by atoms with E-state index >= 15 is 0 Å². The number of hydroxylamine groups is 1. The van der Waals surface area contributed by atoms with Crippen molar-refractivity contribution in [3.8, 4) is 11.8 Å². The fourth-order valence-corrected chi connectivity index (χ4v) is 3.42. The van der Waals surface area contributed by atoms with Crippen LogP contribution >= 0.6 is 11.6 Å². The first-order valence-corrected chi connectivity index (χ1v) is 11.7. The van der Waals surface area contributed by atoms with E-state index in [9.17, 15) is 14.4 Å². The van der Waals surface area contributed by atoms with Crippen LogP contribution in [0.3, 0.4) is 0 Å². The fraction of sp³-hybridized carbons (Fsp3) is 0.148. The van der Waals surface area contributed by atoms with E-state index in [0.717, 1.165) is 11.1 Å². The van der Waals surface area contributed by atoms with Crippen LogP contribution in [0.25, 0.3) is 0 Å². The molecule has 37 heavy (non-hydrogen) atoms. The largest absolute Gasteiger partial charge is 0.339 e. The molecular formula is C27H26ClN5O4. The zero-order valence-electron chi connectivity index (χ0n) is 19.8. The lowest BCUT2D eigenvalue weighted by Crippen LogP contribution is -2.50. The van der Waals surface area contributed by atoms with E-state index in [0.29, 0.717) is 28.4 Å². The first-order valence-electron chi connectivity index (χ1n) is 11.3. The average Bonchev–Trinajstić information content (AvgIpc) is 2.91. The molecule has 0 aliphatic heterocycles. The number of anilines is 1. The van der Waals surface area contributed by atoms with Crippen LogP contribution in [0.15, 0.2) is 72.8 Å². The van der Waals surface area contributed by atoms with Crippen LogP contribution in [0, 0.1) is 11.8 Å². The number of rotatable bonds is 9.